The van der Waals surface area contributed by atoms with Gasteiger partial charge in [0.15, 0.2) is 0 Å². The second-order valence-electron chi connectivity index (χ2n) is 9.35. The average Bonchev–Trinajstić information content (AvgIpc) is 3.34. The summed E-state index contributed by atoms with van der Waals surface area (Å²) in [5, 5.41) is 18.1. The molecule has 0 spiro atoms. The molecule has 0 unspecified atom stereocenters. The number of nitrogens with zero attached hydrogens (tertiary/aromatic N) is 4. The Balaban J connectivity index is 1.51. The predicted octanol–water partition coefficient (Wildman–Crippen LogP) is 5.55. The normalized spacial score (nSPS) is 18.1. The maximum atomic E-state index is 11.3. The Morgan fingerprint density at radius 2 is 1.78 bits per heavy atom. The van der Waals surface area contributed by atoms with Gasteiger partial charge in [0.05, 0.1) is 17.3 Å². The molecule has 32 heavy (non-hydrogen) atoms. The van der Waals surface area contributed by atoms with Gasteiger partial charge in [-0.2, -0.15) is 10.1 Å². The van der Waals surface area contributed by atoms with Crippen LogP contribution in [0.5, 0.6) is 0 Å². The molecule has 7 heteroatoms. The molecule has 2 fully saturated rings. The third-order valence-corrected chi connectivity index (χ3v) is 7.10. The molecule has 5 rings (SSSR count). The highest BCUT2D eigenvalue weighted by Crippen LogP contribution is 2.35. The SMILES string of the molecule is O=C(O)c1cnn(-c2nc(NCC3CCCCC3)c3cc(C4CCCCC4)ccc3n2)c1. The molecule has 1 aromatic carbocycles. The summed E-state index contributed by atoms with van der Waals surface area (Å²) in [6.07, 6.45) is 15.7. The van der Waals surface area contributed by atoms with E-state index in [1.54, 1.807) is 0 Å². The third kappa shape index (κ3) is 4.47. The van der Waals surface area contributed by atoms with Gasteiger partial charge in [-0.25, -0.2) is 14.5 Å². The van der Waals surface area contributed by atoms with Crippen LogP contribution in [0.3, 0.4) is 0 Å². The minimum absolute atomic E-state index is 0.123. The number of hydrogen-bond acceptors (Lipinski definition) is 5. The number of nitrogens with one attached hydrogen (secondary N) is 1. The fourth-order valence-corrected chi connectivity index (χ4v) is 5.24. The van der Waals surface area contributed by atoms with Crippen molar-refractivity contribution in [1.82, 2.24) is 19.7 Å². The maximum absolute atomic E-state index is 11.3. The number of fused-ring (bicyclic) bond motifs is 1. The number of hydrogen-bond donors (Lipinski definition) is 2. The number of aromatic carboxylic acids is 1. The van der Waals surface area contributed by atoms with Crippen LogP contribution in [0.15, 0.2) is 30.6 Å². The highest BCUT2D eigenvalue weighted by molar-refractivity contribution is 5.90. The smallest absolute Gasteiger partial charge is 0.338 e. The van der Waals surface area contributed by atoms with Crippen LogP contribution in [0.2, 0.25) is 0 Å². The summed E-state index contributed by atoms with van der Waals surface area (Å²) >= 11 is 0. The molecule has 2 aliphatic rings. The molecule has 2 aromatic heterocycles. The Kier molecular flexibility index (Phi) is 6.06. The summed E-state index contributed by atoms with van der Waals surface area (Å²) in [6, 6.07) is 6.55. The molecule has 2 heterocycles. The predicted molar refractivity (Wildman–Crippen MR) is 125 cm³/mol. The molecular weight excluding hydrogens is 402 g/mol. The van der Waals surface area contributed by atoms with E-state index in [4.69, 9.17) is 9.97 Å². The zero-order chi connectivity index (χ0) is 21.9. The van der Waals surface area contributed by atoms with Gasteiger partial charge in [-0.3, -0.25) is 0 Å². The number of anilines is 1. The number of benzene rings is 1. The molecular formula is C25H31N5O2. The minimum Gasteiger partial charge on any atom is -0.478 e. The summed E-state index contributed by atoms with van der Waals surface area (Å²) in [5.41, 5.74) is 2.35. The lowest BCUT2D eigenvalue weighted by atomic mass is 9.84. The summed E-state index contributed by atoms with van der Waals surface area (Å²) in [4.78, 5) is 20.8. The molecule has 3 aromatic rings. The zero-order valence-electron chi connectivity index (χ0n) is 18.5. The van der Waals surface area contributed by atoms with Crippen LogP contribution < -0.4 is 5.32 Å². The van der Waals surface area contributed by atoms with Crippen molar-refractivity contribution in [3.05, 3.63) is 41.7 Å². The van der Waals surface area contributed by atoms with Crippen molar-refractivity contribution in [3.8, 4) is 5.95 Å². The minimum atomic E-state index is -1.01. The molecule has 0 aliphatic heterocycles. The van der Waals surface area contributed by atoms with E-state index in [9.17, 15) is 9.90 Å². The fraction of sp³-hybridized carbons (Fsp3) is 0.520. The van der Waals surface area contributed by atoms with E-state index in [0.29, 0.717) is 17.8 Å². The summed E-state index contributed by atoms with van der Waals surface area (Å²) in [7, 11) is 0. The first kappa shape index (κ1) is 20.9. The quantitative estimate of drug-likeness (QED) is 0.529. The van der Waals surface area contributed by atoms with Gasteiger partial charge in [0.1, 0.15) is 5.82 Å². The Hall–Kier alpha value is -2.96. The van der Waals surface area contributed by atoms with Crippen molar-refractivity contribution in [2.24, 2.45) is 5.92 Å². The van der Waals surface area contributed by atoms with Crippen LogP contribution in [0.1, 0.15) is 86.0 Å². The van der Waals surface area contributed by atoms with Crippen molar-refractivity contribution in [1.29, 1.82) is 0 Å². The summed E-state index contributed by atoms with van der Waals surface area (Å²) < 4.78 is 1.45. The van der Waals surface area contributed by atoms with Gasteiger partial charge >= 0.3 is 5.97 Å². The van der Waals surface area contributed by atoms with Crippen LogP contribution in [0.25, 0.3) is 16.9 Å². The summed E-state index contributed by atoms with van der Waals surface area (Å²) in [6.45, 7) is 0.901. The van der Waals surface area contributed by atoms with E-state index >= 15 is 0 Å². The van der Waals surface area contributed by atoms with Crippen molar-refractivity contribution < 1.29 is 9.90 Å². The molecule has 0 bridgehead atoms. The number of aromatic nitrogens is 4. The average molecular weight is 434 g/mol. The van der Waals surface area contributed by atoms with Crippen molar-refractivity contribution in [2.75, 3.05) is 11.9 Å². The van der Waals surface area contributed by atoms with Crippen LogP contribution >= 0.6 is 0 Å². The highest BCUT2D eigenvalue weighted by atomic mass is 16.4. The Labute approximate surface area is 188 Å². The highest BCUT2D eigenvalue weighted by Gasteiger charge is 2.19. The number of carbonyl (C=O) groups is 1. The lowest BCUT2D eigenvalue weighted by molar-refractivity contribution is 0.0697. The van der Waals surface area contributed by atoms with Crippen LogP contribution in [-0.2, 0) is 0 Å². The Morgan fingerprint density at radius 3 is 2.50 bits per heavy atom. The van der Waals surface area contributed by atoms with Gasteiger partial charge in [-0.1, -0.05) is 44.6 Å². The van der Waals surface area contributed by atoms with E-state index in [0.717, 1.165) is 23.3 Å². The van der Waals surface area contributed by atoms with Crippen LogP contribution in [-0.4, -0.2) is 37.4 Å². The maximum Gasteiger partial charge on any atom is 0.338 e. The number of carboxylic acids is 1. The van der Waals surface area contributed by atoms with Crippen LogP contribution in [0.4, 0.5) is 5.82 Å². The van der Waals surface area contributed by atoms with Gasteiger partial charge in [0.2, 0.25) is 0 Å². The van der Waals surface area contributed by atoms with E-state index in [1.807, 2.05) is 0 Å². The summed E-state index contributed by atoms with van der Waals surface area (Å²) in [5.74, 6) is 1.48. The molecule has 2 aliphatic carbocycles. The topological polar surface area (TPSA) is 92.9 Å². The zero-order valence-corrected chi connectivity index (χ0v) is 18.5. The van der Waals surface area contributed by atoms with Crippen molar-refractivity contribution in [2.45, 2.75) is 70.1 Å². The van der Waals surface area contributed by atoms with E-state index < -0.39 is 5.97 Å². The lowest BCUT2D eigenvalue weighted by Crippen LogP contribution is -2.18. The van der Waals surface area contributed by atoms with Gasteiger partial charge in [-0.05, 0) is 55.2 Å². The Morgan fingerprint density at radius 1 is 1.03 bits per heavy atom. The first-order valence-electron chi connectivity index (χ1n) is 12.0. The van der Waals surface area contributed by atoms with Crippen molar-refractivity contribution >= 4 is 22.7 Å². The fourth-order valence-electron chi connectivity index (χ4n) is 5.24. The van der Waals surface area contributed by atoms with Gasteiger partial charge in [0, 0.05) is 18.1 Å². The van der Waals surface area contributed by atoms with Crippen molar-refractivity contribution in [3.63, 3.8) is 0 Å². The molecule has 0 radical (unpaired) electrons. The van der Waals surface area contributed by atoms with Gasteiger partial charge < -0.3 is 10.4 Å². The number of rotatable bonds is 6. The molecule has 7 nitrogen and oxygen atoms in total. The third-order valence-electron chi connectivity index (χ3n) is 7.10. The van der Waals surface area contributed by atoms with E-state index in [1.165, 1.54) is 86.8 Å². The van der Waals surface area contributed by atoms with Crippen LogP contribution in [0, 0.1) is 5.92 Å². The standard InChI is InChI=1S/C25H31N5O2/c31-24(32)20-15-27-30(16-20)25-28-22-12-11-19(18-9-5-2-6-10-18)13-21(22)23(29-25)26-14-17-7-3-1-4-8-17/h11-13,15-18H,1-10,14H2,(H,31,32)(H,26,28,29). The lowest BCUT2D eigenvalue weighted by Gasteiger charge is -2.24. The first-order valence-corrected chi connectivity index (χ1v) is 12.0. The molecule has 2 N–H and O–H groups in total. The van der Waals surface area contributed by atoms with Gasteiger partial charge in [0.25, 0.3) is 5.95 Å². The largest absolute Gasteiger partial charge is 0.478 e. The second-order valence-corrected chi connectivity index (χ2v) is 9.35. The van der Waals surface area contributed by atoms with E-state index in [2.05, 4.69) is 28.6 Å². The molecule has 0 atom stereocenters. The Bertz CT molecular complexity index is 1100. The molecule has 0 saturated heterocycles. The molecule has 0 amide bonds. The second kappa shape index (κ2) is 9.27. The first-order chi connectivity index (χ1) is 15.7. The molecule has 168 valence electrons. The van der Waals surface area contributed by atoms with E-state index in [-0.39, 0.29) is 5.56 Å². The monoisotopic (exact) mass is 433 g/mol. The van der Waals surface area contributed by atoms with Gasteiger partial charge in [-0.15, -0.1) is 0 Å². The molecule has 2 saturated carbocycles. The number of carboxylic acid groups (broad SMARTS) is 1.